The average Bonchev–Trinajstić information content (AvgIpc) is 2.61. The molecule has 0 aliphatic heterocycles. The van der Waals surface area contributed by atoms with E-state index in [1.807, 2.05) is 13.8 Å². The standard InChI is InChI=1S/C18H23N3O4S/c1-4-21(5-2)17(24)13-7-9-14(10-8-13)19-18(26)20-15(22)11-12-16(23)25-6-3/h7-12H,4-6H2,1-3H3,(H2,19,20,22,26)/b12-11+. The predicted octanol–water partition coefficient (Wildman–Crippen LogP) is 2.10. The zero-order valence-electron chi connectivity index (χ0n) is 15.1. The lowest BCUT2D eigenvalue weighted by Crippen LogP contribution is -2.33. The van der Waals surface area contributed by atoms with Crippen LogP contribution in [0.25, 0.3) is 0 Å². The molecule has 0 fully saturated rings. The van der Waals surface area contributed by atoms with Crippen molar-refractivity contribution in [2.24, 2.45) is 0 Å². The molecular weight excluding hydrogens is 354 g/mol. The van der Waals surface area contributed by atoms with Crippen molar-refractivity contribution in [3.05, 3.63) is 42.0 Å². The first-order valence-corrected chi connectivity index (χ1v) is 8.68. The van der Waals surface area contributed by atoms with Gasteiger partial charge >= 0.3 is 5.97 Å². The molecule has 0 unspecified atom stereocenters. The van der Waals surface area contributed by atoms with E-state index in [0.29, 0.717) is 24.3 Å². The van der Waals surface area contributed by atoms with Crippen LogP contribution in [0.1, 0.15) is 31.1 Å². The number of amides is 2. The summed E-state index contributed by atoms with van der Waals surface area (Å²) in [7, 11) is 0. The van der Waals surface area contributed by atoms with E-state index in [2.05, 4.69) is 15.4 Å². The van der Waals surface area contributed by atoms with E-state index in [0.717, 1.165) is 12.2 Å². The zero-order valence-corrected chi connectivity index (χ0v) is 15.9. The molecule has 0 atom stereocenters. The van der Waals surface area contributed by atoms with Gasteiger partial charge in [0.05, 0.1) is 6.61 Å². The Balaban J connectivity index is 2.58. The monoisotopic (exact) mass is 377 g/mol. The fraction of sp³-hybridized carbons (Fsp3) is 0.333. The van der Waals surface area contributed by atoms with Gasteiger partial charge in [0.25, 0.3) is 5.91 Å². The summed E-state index contributed by atoms with van der Waals surface area (Å²) in [6.45, 7) is 7.04. The third kappa shape index (κ3) is 7.02. The lowest BCUT2D eigenvalue weighted by molar-refractivity contribution is -0.137. The summed E-state index contributed by atoms with van der Waals surface area (Å²) in [5.74, 6) is -1.19. The van der Waals surface area contributed by atoms with Crippen LogP contribution >= 0.6 is 12.2 Å². The van der Waals surface area contributed by atoms with Gasteiger partial charge in [0.2, 0.25) is 5.91 Å². The third-order valence-corrected chi connectivity index (χ3v) is 3.54. The quantitative estimate of drug-likeness (QED) is 0.430. The number of ether oxygens (including phenoxy) is 1. The molecule has 2 amide bonds. The number of anilines is 1. The van der Waals surface area contributed by atoms with Crippen molar-refractivity contribution < 1.29 is 19.1 Å². The average molecular weight is 377 g/mol. The molecule has 26 heavy (non-hydrogen) atoms. The van der Waals surface area contributed by atoms with Crippen molar-refractivity contribution in [2.75, 3.05) is 25.0 Å². The smallest absolute Gasteiger partial charge is 0.330 e. The molecule has 0 aliphatic carbocycles. The molecule has 1 aromatic carbocycles. The van der Waals surface area contributed by atoms with Gasteiger partial charge in [0, 0.05) is 36.5 Å². The summed E-state index contributed by atoms with van der Waals surface area (Å²) in [6, 6.07) is 6.77. The number of thiocarbonyl (C=S) groups is 1. The second-order valence-electron chi connectivity index (χ2n) is 5.08. The minimum absolute atomic E-state index is 0.0402. The number of benzene rings is 1. The van der Waals surface area contributed by atoms with Crippen LogP contribution in [-0.2, 0) is 14.3 Å². The first-order valence-electron chi connectivity index (χ1n) is 8.27. The second-order valence-corrected chi connectivity index (χ2v) is 5.49. The molecule has 0 heterocycles. The van der Waals surface area contributed by atoms with Crippen LogP contribution in [0, 0.1) is 0 Å². The highest BCUT2D eigenvalue weighted by Crippen LogP contribution is 2.11. The second kappa shape index (κ2) is 11.0. The van der Waals surface area contributed by atoms with Crippen molar-refractivity contribution in [3.8, 4) is 0 Å². The molecule has 8 heteroatoms. The van der Waals surface area contributed by atoms with Gasteiger partial charge in [0.15, 0.2) is 5.11 Å². The Bertz CT molecular complexity index is 682. The first-order chi connectivity index (χ1) is 12.4. The van der Waals surface area contributed by atoms with Crippen LogP contribution < -0.4 is 10.6 Å². The van der Waals surface area contributed by atoms with Crippen molar-refractivity contribution in [1.82, 2.24) is 10.2 Å². The largest absolute Gasteiger partial charge is 0.463 e. The molecule has 0 spiro atoms. The van der Waals surface area contributed by atoms with Gasteiger partial charge < -0.3 is 15.0 Å². The van der Waals surface area contributed by atoms with Gasteiger partial charge in [-0.05, 0) is 57.3 Å². The van der Waals surface area contributed by atoms with E-state index in [4.69, 9.17) is 12.2 Å². The summed E-state index contributed by atoms with van der Waals surface area (Å²) in [6.07, 6.45) is 2.06. The maximum Gasteiger partial charge on any atom is 0.330 e. The van der Waals surface area contributed by atoms with E-state index < -0.39 is 11.9 Å². The number of rotatable bonds is 7. The van der Waals surface area contributed by atoms with Crippen molar-refractivity contribution in [1.29, 1.82) is 0 Å². The summed E-state index contributed by atoms with van der Waals surface area (Å²) in [5, 5.41) is 5.32. The minimum Gasteiger partial charge on any atom is -0.463 e. The van der Waals surface area contributed by atoms with E-state index in [9.17, 15) is 14.4 Å². The molecule has 7 nitrogen and oxygen atoms in total. The minimum atomic E-state index is -0.602. The fourth-order valence-corrected chi connectivity index (χ4v) is 2.26. The van der Waals surface area contributed by atoms with Gasteiger partial charge in [0.1, 0.15) is 0 Å². The predicted molar refractivity (Wildman–Crippen MR) is 104 cm³/mol. The number of carbonyl (C=O) groups is 3. The van der Waals surface area contributed by atoms with E-state index >= 15 is 0 Å². The molecule has 2 N–H and O–H groups in total. The maximum atomic E-state index is 12.2. The van der Waals surface area contributed by atoms with Crippen molar-refractivity contribution in [3.63, 3.8) is 0 Å². The molecule has 1 rings (SSSR count). The topological polar surface area (TPSA) is 87.7 Å². The fourth-order valence-electron chi connectivity index (χ4n) is 2.04. The maximum absolute atomic E-state index is 12.2. The van der Waals surface area contributed by atoms with Crippen LogP contribution in [0.3, 0.4) is 0 Å². The molecule has 0 aliphatic rings. The molecule has 0 bridgehead atoms. The number of esters is 1. The van der Waals surface area contributed by atoms with Gasteiger partial charge in [-0.1, -0.05) is 0 Å². The summed E-state index contributed by atoms with van der Waals surface area (Å²) in [5.41, 5.74) is 1.20. The van der Waals surface area contributed by atoms with Crippen LogP contribution in [-0.4, -0.2) is 47.5 Å². The third-order valence-electron chi connectivity index (χ3n) is 3.33. The Morgan fingerprint density at radius 1 is 1.08 bits per heavy atom. The Morgan fingerprint density at radius 3 is 2.23 bits per heavy atom. The van der Waals surface area contributed by atoms with Crippen LogP contribution in [0.5, 0.6) is 0 Å². The Kier molecular flexibility index (Phi) is 9.00. The number of nitrogens with zero attached hydrogens (tertiary/aromatic N) is 1. The highest BCUT2D eigenvalue weighted by atomic mass is 32.1. The molecule has 140 valence electrons. The van der Waals surface area contributed by atoms with Crippen LogP contribution in [0.2, 0.25) is 0 Å². The van der Waals surface area contributed by atoms with Crippen LogP contribution in [0.15, 0.2) is 36.4 Å². The molecule has 1 aromatic rings. The molecule has 0 saturated heterocycles. The normalized spacial score (nSPS) is 10.3. The van der Waals surface area contributed by atoms with Gasteiger partial charge in [-0.25, -0.2) is 4.79 Å². The van der Waals surface area contributed by atoms with Crippen molar-refractivity contribution >= 4 is 40.8 Å². The zero-order chi connectivity index (χ0) is 19.5. The first kappa shape index (κ1) is 21.3. The Hall–Kier alpha value is -2.74. The summed E-state index contributed by atoms with van der Waals surface area (Å²) >= 11 is 5.04. The number of hydrogen-bond donors (Lipinski definition) is 2. The SMILES string of the molecule is CCOC(=O)/C=C/C(=O)NC(=S)Nc1ccc(C(=O)N(CC)CC)cc1. The highest BCUT2D eigenvalue weighted by Gasteiger charge is 2.12. The van der Waals surface area contributed by atoms with Crippen LogP contribution in [0.4, 0.5) is 5.69 Å². The number of nitrogens with one attached hydrogen (secondary N) is 2. The van der Waals surface area contributed by atoms with Crippen molar-refractivity contribution in [2.45, 2.75) is 20.8 Å². The summed E-state index contributed by atoms with van der Waals surface area (Å²) < 4.78 is 4.67. The molecule has 0 aromatic heterocycles. The highest BCUT2D eigenvalue weighted by molar-refractivity contribution is 7.80. The molecule has 0 radical (unpaired) electrons. The van der Waals surface area contributed by atoms with Gasteiger partial charge in [-0.3, -0.25) is 14.9 Å². The lowest BCUT2D eigenvalue weighted by atomic mass is 10.2. The molecule has 0 saturated carbocycles. The Morgan fingerprint density at radius 2 is 1.69 bits per heavy atom. The van der Waals surface area contributed by atoms with Gasteiger partial charge in [-0.2, -0.15) is 0 Å². The van der Waals surface area contributed by atoms with Gasteiger partial charge in [-0.15, -0.1) is 0 Å². The Labute approximate surface area is 158 Å². The number of carbonyl (C=O) groups excluding carboxylic acids is 3. The summed E-state index contributed by atoms with van der Waals surface area (Å²) in [4.78, 5) is 36.7. The van der Waals surface area contributed by atoms with E-state index in [1.165, 1.54) is 0 Å². The van der Waals surface area contributed by atoms with E-state index in [-0.39, 0.29) is 17.6 Å². The number of hydrogen-bond acceptors (Lipinski definition) is 5. The lowest BCUT2D eigenvalue weighted by Gasteiger charge is -2.18. The van der Waals surface area contributed by atoms with E-state index in [1.54, 1.807) is 36.1 Å². The molecular formula is C18H23N3O4S.